The molecule has 0 saturated heterocycles. The van der Waals surface area contributed by atoms with Gasteiger partial charge in [0.05, 0.1) is 18.8 Å². The Morgan fingerprint density at radius 2 is 1.50 bits per heavy atom. The number of primary amides is 1. The first-order valence-electron chi connectivity index (χ1n) is 10.3. The van der Waals surface area contributed by atoms with Gasteiger partial charge in [-0.3, -0.25) is 24.2 Å². The van der Waals surface area contributed by atoms with E-state index in [1.54, 1.807) is 0 Å². The molecule has 0 radical (unpaired) electrons. The molecule has 194 valence electrons. The molecule has 0 spiro atoms. The van der Waals surface area contributed by atoms with Gasteiger partial charge >= 0.3 is 5.97 Å². The number of aliphatic imine (C=N–C) groups is 1. The zero-order chi connectivity index (χ0) is 26.4. The van der Waals surface area contributed by atoms with Crippen LogP contribution in [-0.4, -0.2) is 94.3 Å². The van der Waals surface area contributed by atoms with E-state index in [9.17, 15) is 39.3 Å². The monoisotopic (exact) mass is 490 g/mol. The van der Waals surface area contributed by atoms with Crippen LogP contribution < -0.4 is 38.9 Å². The fraction of sp³-hybridized carbons (Fsp3) is 0.667. The van der Waals surface area contributed by atoms with E-state index in [1.165, 1.54) is 6.92 Å². The van der Waals surface area contributed by atoms with Gasteiger partial charge in [-0.15, -0.1) is 0 Å². The summed E-state index contributed by atoms with van der Waals surface area (Å²) in [5.41, 5.74) is 20.9. The fourth-order valence-corrected chi connectivity index (χ4v) is 2.58. The number of hydrogen-bond acceptors (Lipinski definition) is 9. The number of nitrogens with zero attached hydrogens (tertiary/aromatic N) is 1. The number of aliphatic hydroxyl groups is 2. The zero-order valence-corrected chi connectivity index (χ0v) is 18.8. The van der Waals surface area contributed by atoms with Crippen molar-refractivity contribution in [1.82, 2.24) is 16.0 Å². The van der Waals surface area contributed by atoms with E-state index in [0.29, 0.717) is 0 Å². The van der Waals surface area contributed by atoms with Crippen LogP contribution >= 0.6 is 0 Å². The highest BCUT2D eigenvalue weighted by Crippen LogP contribution is 2.03. The maximum Gasteiger partial charge on any atom is 0.326 e. The van der Waals surface area contributed by atoms with Gasteiger partial charge in [-0.2, -0.15) is 0 Å². The molecule has 5 atom stereocenters. The van der Waals surface area contributed by atoms with Crippen LogP contribution in [0.5, 0.6) is 0 Å². The predicted octanol–water partition coefficient (Wildman–Crippen LogP) is -5.46. The van der Waals surface area contributed by atoms with Gasteiger partial charge in [-0.05, 0) is 26.2 Å². The quantitative estimate of drug-likeness (QED) is 0.0552. The highest BCUT2D eigenvalue weighted by atomic mass is 16.4. The van der Waals surface area contributed by atoms with Gasteiger partial charge < -0.3 is 54.2 Å². The van der Waals surface area contributed by atoms with Crippen molar-refractivity contribution in [2.75, 3.05) is 13.2 Å². The summed E-state index contributed by atoms with van der Waals surface area (Å²) in [7, 11) is 0. The molecule has 0 bridgehead atoms. The highest BCUT2D eigenvalue weighted by Gasteiger charge is 2.32. The third-order valence-electron chi connectivity index (χ3n) is 4.48. The third-order valence-corrected chi connectivity index (χ3v) is 4.48. The summed E-state index contributed by atoms with van der Waals surface area (Å²) in [5.74, 6) is -5.13. The molecule has 0 aliphatic carbocycles. The lowest BCUT2D eigenvalue weighted by Crippen LogP contribution is -2.60. The number of aliphatic carboxylic acids is 1. The van der Waals surface area contributed by atoms with Gasteiger partial charge in [0.1, 0.15) is 18.1 Å². The lowest BCUT2D eigenvalue weighted by Gasteiger charge is -2.25. The SMILES string of the molecule is CC(O)C(NC(=O)C(CO)NC(=O)C(N)CCC(N)=O)C(=O)NC(CCCN=C(N)N)C(=O)O. The lowest BCUT2D eigenvalue weighted by atomic mass is 10.1. The minimum atomic E-state index is -1.61. The second-order valence-electron chi connectivity index (χ2n) is 7.43. The largest absolute Gasteiger partial charge is 0.480 e. The molecular formula is C18H34N8O8. The smallest absolute Gasteiger partial charge is 0.326 e. The molecular weight excluding hydrogens is 456 g/mol. The molecule has 5 unspecified atom stereocenters. The van der Waals surface area contributed by atoms with Gasteiger partial charge in [0.15, 0.2) is 5.96 Å². The van der Waals surface area contributed by atoms with Crippen LogP contribution in [0.25, 0.3) is 0 Å². The highest BCUT2D eigenvalue weighted by molar-refractivity contribution is 5.94. The number of nitrogens with two attached hydrogens (primary N) is 4. The molecule has 0 aliphatic heterocycles. The summed E-state index contributed by atoms with van der Waals surface area (Å²) in [6.45, 7) is 0.417. The Balaban J connectivity index is 5.12. The van der Waals surface area contributed by atoms with Crippen molar-refractivity contribution in [1.29, 1.82) is 0 Å². The van der Waals surface area contributed by atoms with Crippen LogP contribution in [0.3, 0.4) is 0 Å². The first kappa shape index (κ1) is 30.5. The number of carbonyl (C=O) groups excluding carboxylic acids is 4. The molecule has 0 saturated carbocycles. The average Bonchev–Trinajstić information content (AvgIpc) is 2.74. The normalized spacial score (nSPS) is 15.1. The van der Waals surface area contributed by atoms with Crippen molar-refractivity contribution in [2.24, 2.45) is 27.9 Å². The topological polar surface area (TPSA) is 299 Å². The Morgan fingerprint density at radius 3 is 1.97 bits per heavy atom. The summed E-state index contributed by atoms with van der Waals surface area (Å²) in [6.07, 6.45) is -1.56. The van der Waals surface area contributed by atoms with E-state index >= 15 is 0 Å². The molecule has 0 fully saturated rings. The number of carboxylic acid groups (broad SMARTS) is 1. The van der Waals surface area contributed by atoms with E-state index in [2.05, 4.69) is 20.9 Å². The number of guanidine groups is 1. The first-order chi connectivity index (χ1) is 15.8. The number of carboxylic acids is 1. The molecule has 0 rings (SSSR count). The Bertz CT molecular complexity index is 756. The minimum Gasteiger partial charge on any atom is -0.480 e. The molecule has 0 aromatic heterocycles. The van der Waals surface area contributed by atoms with E-state index in [1.807, 2.05) is 0 Å². The molecule has 0 aromatic carbocycles. The van der Waals surface area contributed by atoms with Crippen molar-refractivity contribution in [2.45, 2.75) is 62.9 Å². The van der Waals surface area contributed by atoms with Crippen LogP contribution in [0.2, 0.25) is 0 Å². The number of carbonyl (C=O) groups is 5. The van der Waals surface area contributed by atoms with Gasteiger partial charge in [-0.25, -0.2) is 4.79 Å². The summed E-state index contributed by atoms with van der Waals surface area (Å²) in [6, 6.07) is -5.71. The van der Waals surface area contributed by atoms with Crippen molar-refractivity contribution in [3.8, 4) is 0 Å². The van der Waals surface area contributed by atoms with E-state index < -0.39 is 66.5 Å². The average molecular weight is 491 g/mol. The third kappa shape index (κ3) is 11.9. The molecule has 16 heteroatoms. The molecule has 0 heterocycles. The molecule has 16 nitrogen and oxygen atoms in total. The van der Waals surface area contributed by atoms with Crippen molar-refractivity contribution < 1.29 is 39.3 Å². The Kier molecular flexibility index (Phi) is 13.8. The van der Waals surface area contributed by atoms with Crippen LogP contribution in [0.1, 0.15) is 32.6 Å². The number of nitrogens with one attached hydrogen (secondary N) is 3. The number of amides is 4. The minimum absolute atomic E-state index is 0.0448. The lowest BCUT2D eigenvalue weighted by molar-refractivity contribution is -0.143. The van der Waals surface area contributed by atoms with Crippen LogP contribution in [0.4, 0.5) is 0 Å². The van der Waals surface area contributed by atoms with E-state index in [4.69, 9.17) is 22.9 Å². The van der Waals surface area contributed by atoms with Crippen LogP contribution in [0, 0.1) is 0 Å². The molecule has 14 N–H and O–H groups in total. The van der Waals surface area contributed by atoms with Crippen molar-refractivity contribution in [3.63, 3.8) is 0 Å². The second-order valence-corrected chi connectivity index (χ2v) is 7.43. The van der Waals surface area contributed by atoms with E-state index in [-0.39, 0.29) is 38.2 Å². The Labute approximate surface area is 195 Å². The number of rotatable bonds is 16. The predicted molar refractivity (Wildman–Crippen MR) is 119 cm³/mol. The summed E-state index contributed by atoms with van der Waals surface area (Å²) in [5, 5.41) is 35.2. The molecule has 4 amide bonds. The maximum atomic E-state index is 12.5. The summed E-state index contributed by atoms with van der Waals surface area (Å²) in [4.78, 5) is 63.0. The van der Waals surface area contributed by atoms with Crippen LogP contribution in [0.15, 0.2) is 4.99 Å². The van der Waals surface area contributed by atoms with Crippen LogP contribution in [-0.2, 0) is 24.0 Å². The fourth-order valence-electron chi connectivity index (χ4n) is 2.58. The van der Waals surface area contributed by atoms with Gasteiger partial charge in [-0.1, -0.05) is 0 Å². The molecule has 0 aromatic rings. The Morgan fingerprint density at radius 1 is 0.912 bits per heavy atom. The molecule has 0 aliphatic rings. The standard InChI is InChI=1S/C18H34N8O8/c1-8(28)13(16(32)24-10(17(33)34)3-2-6-23-18(21)22)26-15(31)11(7-27)25-14(30)9(19)4-5-12(20)29/h8-11,13,27-28H,2-7,19H2,1H3,(H2,20,29)(H,24,32)(H,25,30)(H,26,31)(H,33,34)(H4,21,22,23). The van der Waals surface area contributed by atoms with Gasteiger partial charge in [0, 0.05) is 13.0 Å². The Hall–Kier alpha value is -3.50. The second kappa shape index (κ2) is 15.4. The summed E-state index contributed by atoms with van der Waals surface area (Å²) < 4.78 is 0. The maximum absolute atomic E-state index is 12.5. The molecule has 34 heavy (non-hydrogen) atoms. The van der Waals surface area contributed by atoms with Gasteiger partial charge in [0.2, 0.25) is 23.6 Å². The van der Waals surface area contributed by atoms with Gasteiger partial charge in [0.25, 0.3) is 0 Å². The van der Waals surface area contributed by atoms with Crippen molar-refractivity contribution >= 4 is 35.6 Å². The van der Waals surface area contributed by atoms with E-state index in [0.717, 1.165) is 0 Å². The summed E-state index contributed by atoms with van der Waals surface area (Å²) >= 11 is 0. The van der Waals surface area contributed by atoms with Crippen molar-refractivity contribution in [3.05, 3.63) is 0 Å². The number of aliphatic hydroxyl groups excluding tert-OH is 2. The first-order valence-corrected chi connectivity index (χ1v) is 10.3. The number of hydrogen-bond donors (Lipinski definition) is 10. The zero-order valence-electron chi connectivity index (χ0n) is 18.8.